The second kappa shape index (κ2) is 6.89. The molecule has 3 heterocycles. The average Bonchev–Trinajstić information content (AvgIpc) is 3.18. The van der Waals surface area contributed by atoms with Gasteiger partial charge >= 0.3 is 0 Å². The Hall–Kier alpha value is -1.59. The highest BCUT2D eigenvalue weighted by Crippen LogP contribution is 2.29. The number of carbonyl (C=O) groups excluding carboxylic acids is 1. The number of ether oxygens (including phenoxy) is 1. The molecule has 1 atom stereocenters. The summed E-state index contributed by atoms with van der Waals surface area (Å²) in [5.41, 5.74) is 3.14. The van der Waals surface area contributed by atoms with Crippen LogP contribution in [0, 0.1) is 6.92 Å². The number of aryl methyl sites for hydroxylation is 1. The lowest BCUT2D eigenvalue weighted by molar-refractivity contribution is 0.0851. The van der Waals surface area contributed by atoms with E-state index in [0.717, 1.165) is 37.2 Å². The molecule has 0 radical (unpaired) electrons. The second-order valence-electron chi connectivity index (χ2n) is 6.37. The third kappa shape index (κ3) is 3.67. The molecule has 4 nitrogen and oxygen atoms in total. The minimum atomic E-state index is -0.0105. The SMILES string of the molecule is CC(C)=CCn1c(C(=O)NC[C@@H]2CCCO2)cc2sc(C)cc21. The predicted molar refractivity (Wildman–Crippen MR) is 95.3 cm³/mol. The van der Waals surface area contributed by atoms with Crippen molar-refractivity contribution in [2.45, 2.75) is 46.3 Å². The molecule has 0 spiro atoms. The largest absolute Gasteiger partial charge is 0.376 e. The van der Waals surface area contributed by atoms with Crippen LogP contribution >= 0.6 is 11.3 Å². The lowest BCUT2D eigenvalue weighted by Gasteiger charge is -2.12. The molecule has 2 aromatic rings. The first kappa shape index (κ1) is 16.3. The summed E-state index contributed by atoms with van der Waals surface area (Å²) in [4.78, 5) is 13.9. The fourth-order valence-electron chi connectivity index (χ4n) is 2.93. The van der Waals surface area contributed by atoms with Gasteiger partial charge in [-0.05, 0) is 45.7 Å². The number of nitrogens with zero attached hydrogens (tertiary/aromatic N) is 1. The summed E-state index contributed by atoms with van der Waals surface area (Å²) in [5.74, 6) is -0.0105. The normalized spacial score (nSPS) is 17.6. The molecule has 0 saturated carbocycles. The van der Waals surface area contributed by atoms with Crippen molar-refractivity contribution in [3.63, 3.8) is 0 Å². The lowest BCUT2D eigenvalue weighted by atomic mass is 10.2. The summed E-state index contributed by atoms with van der Waals surface area (Å²) in [6.07, 6.45) is 4.45. The molecule has 124 valence electrons. The quantitative estimate of drug-likeness (QED) is 0.844. The summed E-state index contributed by atoms with van der Waals surface area (Å²) >= 11 is 1.74. The molecule has 0 unspecified atom stereocenters. The predicted octanol–water partition coefficient (Wildman–Crippen LogP) is 3.89. The van der Waals surface area contributed by atoms with Crippen molar-refractivity contribution in [1.29, 1.82) is 0 Å². The van der Waals surface area contributed by atoms with Crippen molar-refractivity contribution in [3.8, 4) is 0 Å². The van der Waals surface area contributed by atoms with Gasteiger partial charge in [0.05, 0.1) is 16.3 Å². The third-order valence-electron chi connectivity index (χ3n) is 4.14. The van der Waals surface area contributed by atoms with Crippen LogP contribution in [-0.2, 0) is 11.3 Å². The van der Waals surface area contributed by atoms with Gasteiger partial charge in [-0.15, -0.1) is 11.3 Å². The van der Waals surface area contributed by atoms with Gasteiger partial charge in [-0.2, -0.15) is 0 Å². The molecule has 1 amide bonds. The van der Waals surface area contributed by atoms with Gasteiger partial charge < -0.3 is 14.6 Å². The number of carbonyl (C=O) groups is 1. The molecule has 1 fully saturated rings. The highest BCUT2D eigenvalue weighted by Gasteiger charge is 2.20. The monoisotopic (exact) mass is 332 g/mol. The average molecular weight is 332 g/mol. The van der Waals surface area contributed by atoms with E-state index in [4.69, 9.17) is 4.74 Å². The zero-order chi connectivity index (χ0) is 16.4. The Balaban J connectivity index is 1.82. The Labute approximate surface area is 141 Å². The fourth-order valence-corrected chi connectivity index (χ4v) is 3.89. The Morgan fingerprint density at radius 2 is 2.30 bits per heavy atom. The Morgan fingerprint density at radius 1 is 1.48 bits per heavy atom. The van der Waals surface area contributed by atoms with Crippen molar-refractivity contribution in [2.24, 2.45) is 0 Å². The van der Waals surface area contributed by atoms with Crippen molar-refractivity contribution in [2.75, 3.05) is 13.2 Å². The first-order chi connectivity index (χ1) is 11.0. The van der Waals surface area contributed by atoms with E-state index >= 15 is 0 Å². The third-order valence-corrected chi connectivity index (χ3v) is 5.13. The van der Waals surface area contributed by atoms with Gasteiger partial charge in [0.15, 0.2) is 0 Å². The summed E-state index contributed by atoms with van der Waals surface area (Å²) in [7, 11) is 0. The molecule has 1 aliphatic heterocycles. The minimum Gasteiger partial charge on any atom is -0.376 e. The zero-order valence-electron chi connectivity index (χ0n) is 14.0. The molecular weight excluding hydrogens is 308 g/mol. The van der Waals surface area contributed by atoms with E-state index in [1.165, 1.54) is 15.2 Å². The molecule has 1 aliphatic rings. The molecular formula is C18H24N2O2S. The number of hydrogen-bond donors (Lipinski definition) is 1. The van der Waals surface area contributed by atoms with Crippen LogP contribution < -0.4 is 5.32 Å². The zero-order valence-corrected chi connectivity index (χ0v) is 14.8. The van der Waals surface area contributed by atoms with Crippen LogP contribution in [-0.4, -0.2) is 29.7 Å². The number of rotatable bonds is 5. The molecule has 1 saturated heterocycles. The number of nitrogens with one attached hydrogen (secondary N) is 1. The van der Waals surface area contributed by atoms with Crippen molar-refractivity contribution >= 4 is 27.5 Å². The van der Waals surface area contributed by atoms with Gasteiger partial charge in [0.2, 0.25) is 0 Å². The number of amides is 1. The number of allylic oxidation sites excluding steroid dienone is 2. The standard InChI is InChI=1S/C18H24N2O2S/c1-12(2)6-7-20-15-9-13(3)23-17(15)10-16(20)18(21)19-11-14-5-4-8-22-14/h6,9-10,14H,4-5,7-8,11H2,1-3H3,(H,19,21)/t14-/m0/s1. The topological polar surface area (TPSA) is 43.3 Å². The fraction of sp³-hybridized carbons (Fsp3) is 0.500. The van der Waals surface area contributed by atoms with Gasteiger partial charge in [-0.1, -0.05) is 11.6 Å². The number of thiophene rings is 1. The van der Waals surface area contributed by atoms with Gasteiger partial charge in [-0.25, -0.2) is 0 Å². The second-order valence-corrected chi connectivity index (χ2v) is 7.66. The van der Waals surface area contributed by atoms with E-state index < -0.39 is 0 Å². The molecule has 2 aromatic heterocycles. The summed E-state index contributed by atoms with van der Waals surface area (Å²) in [6.45, 7) is 8.40. The number of hydrogen-bond acceptors (Lipinski definition) is 3. The van der Waals surface area contributed by atoms with Gasteiger partial charge in [-0.3, -0.25) is 4.79 Å². The van der Waals surface area contributed by atoms with E-state index in [9.17, 15) is 4.79 Å². The summed E-state index contributed by atoms with van der Waals surface area (Å²) in [6, 6.07) is 4.17. The van der Waals surface area contributed by atoms with Gasteiger partial charge in [0.25, 0.3) is 5.91 Å². The van der Waals surface area contributed by atoms with E-state index in [-0.39, 0.29) is 12.0 Å². The van der Waals surface area contributed by atoms with Crippen molar-refractivity contribution in [3.05, 3.63) is 34.4 Å². The molecule has 1 N–H and O–H groups in total. The minimum absolute atomic E-state index is 0.0105. The molecule has 0 aliphatic carbocycles. The number of aromatic nitrogens is 1. The van der Waals surface area contributed by atoms with Gasteiger partial charge in [0, 0.05) is 24.6 Å². The first-order valence-electron chi connectivity index (χ1n) is 8.17. The van der Waals surface area contributed by atoms with E-state index in [0.29, 0.717) is 6.54 Å². The lowest BCUT2D eigenvalue weighted by Crippen LogP contribution is -2.33. The maximum atomic E-state index is 12.6. The van der Waals surface area contributed by atoms with Crippen LogP contribution in [0.25, 0.3) is 10.2 Å². The maximum Gasteiger partial charge on any atom is 0.268 e. The summed E-state index contributed by atoms with van der Waals surface area (Å²) < 4.78 is 8.86. The van der Waals surface area contributed by atoms with Crippen molar-refractivity contribution < 1.29 is 9.53 Å². The Kier molecular flexibility index (Phi) is 4.87. The van der Waals surface area contributed by atoms with Crippen LogP contribution in [0.5, 0.6) is 0 Å². The Bertz CT molecular complexity index is 732. The van der Waals surface area contributed by atoms with Crippen LogP contribution in [0.3, 0.4) is 0 Å². The molecule has 0 aromatic carbocycles. The molecule has 23 heavy (non-hydrogen) atoms. The number of fused-ring (bicyclic) bond motifs is 1. The van der Waals surface area contributed by atoms with E-state index in [1.54, 1.807) is 11.3 Å². The van der Waals surface area contributed by atoms with Crippen LogP contribution in [0.4, 0.5) is 0 Å². The molecule has 5 heteroatoms. The van der Waals surface area contributed by atoms with Crippen LogP contribution in [0.1, 0.15) is 42.1 Å². The van der Waals surface area contributed by atoms with E-state index in [1.807, 2.05) is 6.07 Å². The van der Waals surface area contributed by atoms with Crippen LogP contribution in [0.2, 0.25) is 0 Å². The molecule has 0 bridgehead atoms. The van der Waals surface area contributed by atoms with E-state index in [2.05, 4.69) is 42.8 Å². The van der Waals surface area contributed by atoms with Crippen LogP contribution in [0.15, 0.2) is 23.8 Å². The summed E-state index contributed by atoms with van der Waals surface area (Å²) in [5, 5.41) is 3.03. The smallest absolute Gasteiger partial charge is 0.268 e. The Morgan fingerprint density at radius 3 is 3.00 bits per heavy atom. The molecule has 3 rings (SSSR count). The first-order valence-corrected chi connectivity index (χ1v) is 8.99. The highest BCUT2D eigenvalue weighted by molar-refractivity contribution is 7.19. The maximum absolute atomic E-state index is 12.6. The van der Waals surface area contributed by atoms with Gasteiger partial charge in [0.1, 0.15) is 5.69 Å². The van der Waals surface area contributed by atoms with Crippen molar-refractivity contribution in [1.82, 2.24) is 9.88 Å². The highest BCUT2D eigenvalue weighted by atomic mass is 32.1.